The molecule has 0 amide bonds. The fourth-order valence-electron chi connectivity index (χ4n) is 1.73. The summed E-state index contributed by atoms with van der Waals surface area (Å²) in [4.78, 5) is 4.34. The standard InChI is InChI=1S/C16H17NO2/c1-3-19-15-9-7-14(8-10-15)17-11-13-6-4-5-12(2)16(13)18/h4-11,18H,3H2,1-2H3. The summed E-state index contributed by atoms with van der Waals surface area (Å²) in [6.07, 6.45) is 1.66. The molecular formula is C16H17NO2. The third-order valence-corrected chi connectivity index (χ3v) is 2.77. The van der Waals surface area contributed by atoms with Crippen LogP contribution in [0, 0.1) is 6.92 Å². The fraction of sp³-hybridized carbons (Fsp3) is 0.188. The zero-order chi connectivity index (χ0) is 13.7. The van der Waals surface area contributed by atoms with E-state index >= 15 is 0 Å². The van der Waals surface area contributed by atoms with Crippen LogP contribution in [0.2, 0.25) is 0 Å². The average Bonchev–Trinajstić information content (AvgIpc) is 2.42. The van der Waals surface area contributed by atoms with Crippen molar-refractivity contribution in [2.75, 3.05) is 6.61 Å². The van der Waals surface area contributed by atoms with E-state index in [4.69, 9.17) is 4.74 Å². The molecule has 0 aliphatic heterocycles. The zero-order valence-corrected chi connectivity index (χ0v) is 11.1. The largest absolute Gasteiger partial charge is 0.507 e. The van der Waals surface area contributed by atoms with Crippen molar-refractivity contribution in [3.8, 4) is 11.5 Å². The Bertz CT molecular complexity index is 574. The van der Waals surface area contributed by atoms with Gasteiger partial charge in [0.15, 0.2) is 0 Å². The number of hydrogen-bond acceptors (Lipinski definition) is 3. The highest BCUT2D eigenvalue weighted by molar-refractivity contribution is 5.85. The summed E-state index contributed by atoms with van der Waals surface area (Å²) in [6.45, 7) is 4.47. The van der Waals surface area contributed by atoms with E-state index in [9.17, 15) is 5.11 Å². The normalized spacial score (nSPS) is 10.8. The molecule has 0 bridgehead atoms. The molecule has 0 saturated carbocycles. The lowest BCUT2D eigenvalue weighted by Gasteiger charge is -2.03. The molecule has 98 valence electrons. The molecule has 0 saturated heterocycles. The molecule has 0 spiro atoms. The second-order valence-corrected chi connectivity index (χ2v) is 4.20. The van der Waals surface area contributed by atoms with Crippen LogP contribution in [-0.2, 0) is 0 Å². The molecule has 0 radical (unpaired) electrons. The number of phenols is 1. The second-order valence-electron chi connectivity index (χ2n) is 4.20. The SMILES string of the molecule is CCOc1ccc(N=Cc2cccc(C)c2O)cc1. The van der Waals surface area contributed by atoms with E-state index in [2.05, 4.69) is 4.99 Å². The number of aromatic hydroxyl groups is 1. The molecular weight excluding hydrogens is 238 g/mol. The third-order valence-electron chi connectivity index (χ3n) is 2.77. The lowest BCUT2D eigenvalue weighted by Crippen LogP contribution is -1.89. The van der Waals surface area contributed by atoms with Crippen molar-refractivity contribution in [1.29, 1.82) is 0 Å². The third kappa shape index (κ3) is 3.35. The van der Waals surface area contributed by atoms with Crippen molar-refractivity contribution in [2.24, 2.45) is 4.99 Å². The number of rotatable bonds is 4. The van der Waals surface area contributed by atoms with Gasteiger partial charge in [0.2, 0.25) is 0 Å². The van der Waals surface area contributed by atoms with Crippen LogP contribution in [-0.4, -0.2) is 17.9 Å². The fourth-order valence-corrected chi connectivity index (χ4v) is 1.73. The Labute approximate surface area is 113 Å². The first-order valence-electron chi connectivity index (χ1n) is 6.26. The van der Waals surface area contributed by atoms with Gasteiger partial charge in [0.05, 0.1) is 12.3 Å². The first-order chi connectivity index (χ1) is 9.20. The van der Waals surface area contributed by atoms with E-state index in [0.29, 0.717) is 12.2 Å². The van der Waals surface area contributed by atoms with E-state index in [1.54, 1.807) is 6.21 Å². The average molecular weight is 255 g/mol. The minimum Gasteiger partial charge on any atom is -0.507 e. The predicted octanol–water partition coefficient (Wildman–Crippen LogP) is 3.85. The summed E-state index contributed by atoms with van der Waals surface area (Å²) in [6, 6.07) is 13.1. The van der Waals surface area contributed by atoms with Gasteiger partial charge in [-0.1, -0.05) is 12.1 Å². The molecule has 1 N–H and O–H groups in total. The minimum atomic E-state index is 0.275. The van der Waals surface area contributed by atoms with Crippen molar-refractivity contribution in [3.05, 3.63) is 53.6 Å². The Kier molecular flexibility index (Phi) is 4.18. The number of aryl methyl sites for hydroxylation is 1. The summed E-state index contributed by atoms with van der Waals surface area (Å²) < 4.78 is 5.37. The Morgan fingerprint density at radius 2 is 1.89 bits per heavy atom. The first kappa shape index (κ1) is 13.1. The van der Waals surface area contributed by atoms with Crippen molar-refractivity contribution in [1.82, 2.24) is 0 Å². The summed E-state index contributed by atoms with van der Waals surface area (Å²) in [5, 5.41) is 9.88. The molecule has 2 aromatic rings. The highest BCUT2D eigenvalue weighted by atomic mass is 16.5. The molecule has 0 aliphatic carbocycles. The van der Waals surface area contributed by atoms with Crippen molar-refractivity contribution >= 4 is 11.9 Å². The van der Waals surface area contributed by atoms with E-state index in [0.717, 1.165) is 17.0 Å². The molecule has 0 heterocycles. The Morgan fingerprint density at radius 1 is 1.16 bits per heavy atom. The molecule has 0 aliphatic rings. The molecule has 19 heavy (non-hydrogen) atoms. The molecule has 0 fully saturated rings. The van der Waals surface area contributed by atoms with Gasteiger partial charge < -0.3 is 9.84 Å². The van der Waals surface area contributed by atoms with Crippen LogP contribution in [0.15, 0.2) is 47.5 Å². The lowest BCUT2D eigenvalue weighted by molar-refractivity contribution is 0.340. The first-order valence-corrected chi connectivity index (χ1v) is 6.26. The summed E-state index contributed by atoms with van der Waals surface area (Å²) in [5.41, 5.74) is 2.38. The van der Waals surface area contributed by atoms with Crippen LogP contribution < -0.4 is 4.74 Å². The van der Waals surface area contributed by atoms with Gasteiger partial charge in [-0.25, -0.2) is 0 Å². The number of benzene rings is 2. The van der Waals surface area contributed by atoms with Gasteiger partial charge in [0, 0.05) is 11.8 Å². The summed E-state index contributed by atoms with van der Waals surface area (Å²) in [5.74, 6) is 1.11. The zero-order valence-electron chi connectivity index (χ0n) is 11.1. The molecule has 3 nitrogen and oxygen atoms in total. The Balaban J connectivity index is 2.16. The lowest BCUT2D eigenvalue weighted by atomic mass is 10.1. The van der Waals surface area contributed by atoms with Gasteiger partial charge in [-0.2, -0.15) is 0 Å². The van der Waals surface area contributed by atoms with E-state index in [-0.39, 0.29) is 5.75 Å². The number of nitrogens with zero attached hydrogens (tertiary/aromatic N) is 1. The van der Waals surface area contributed by atoms with Gasteiger partial charge >= 0.3 is 0 Å². The second kappa shape index (κ2) is 6.05. The number of hydrogen-bond donors (Lipinski definition) is 1. The maximum absolute atomic E-state index is 9.88. The van der Waals surface area contributed by atoms with Gasteiger partial charge in [-0.3, -0.25) is 4.99 Å². The van der Waals surface area contributed by atoms with Gasteiger partial charge in [-0.05, 0) is 49.7 Å². The smallest absolute Gasteiger partial charge is 0.127 e. The quantitative estimate of drug-likeness (QED) is 0.843. The predicted molar refractivity (Wildman–Crippen MR) is 77.7 cm³/mol. The van der Waals surface area contributed by atoms with Gasteiger partial charge in [0.25, 0.3) is 0 Å². The van der Waals surface area contributed by atoms with Crippen molar-refractivity contribution < 1.29 is 9.84 Å². The van der Waals surface area contributed by atoms with Crippen LogP contribution in [0.25, 0.3) is 0 Å². The van der Waals surface area contributed by atoms with E-state index < -0.39 is 0 Å². The number of ether oxygens (including phenoxy) is 1. The van der Waals surface area contributed by atoms with Gasteiger partial charge in [-0.15, -0.1) is 0 Å². The molecule has 0 aromatic heterocycles. The van der Waals surface area contributed by atoms with Crippen LogP contribution in [0.4, 0.5) is 5.69 Å². The maximum Gasteiger partial charge on any atom is 0.127 e. The Morgan fingerprint density at radius 3 is 2.58 bits per heavy atom. The van der Waals surface area contributed by atoms with Crippen molar-refractivity contribution in [2.45, 2.75) is 13.8 Å². The van der Waals surface area contributed by atoms with Crippen LogP contribution in [0.5, 0.6) is 11.5 Å². The number of aliphatic imine (C=N–C) groups is 1. The van der Waals surface area contributed by atoms with Crippen molar-refractivity contribution in [3.63, 3.8) is 0 Å². The highest BCUT2D eigenvalue weighted by Gasteiger charge is 2.00. The van der Waals surface area contributed by atoms with Crippen LogP contribution in [0.3, 0.4) is 0 Å². The minimum absolute atomic E-state index is 0.275. The van der Waals surface area contributed by atoms with Crippen LogP contribution >= 0.6 is 0 Å². The molecule has 2 rings (SSSR count). The molecule has 3 heteroatoms. The van der Waals surface area contributed by atoms with E-state index in [1.807, 2.05) is 56.3 Å². The summed E-state index contributed by atoms with van der Waals surface area (Å²) >= 11 is 0. The topological polar surface area (TPSA) is 41.8 Å². The molecule has 2 aromatic carbocycles. The number of phenolic OH excluding ortho intramolecular Hbond substituents is 1. The molecule has 0 unspecified atom stereocenters. The Hall–Kier alpha value is -2.29. The number of para-hydroxylation sites is 1. The van der Waals surface area contributed by atoms with Gasteiger partial charge in [0.1, 0.15) is 11.5 Å². The molecule has 0 atom stereocenters. The van der Waals surface area contributed by atoms with Crippen LogP contribution in [0.1, 0.15) is 18.1 Å². The highest BCUT2D eigenvalue weighted by Crippen LogP contribution is 2.22. The van der Waals surface area contributed by atoms with E-state index in [1.165, 1.54) is 0 Å². The summed E-state index contributed by atoms with van der Waals surface area (Å²) in [7, 11) is 0. The monoisotopic (exact) mass is 255 g/mol. The maximum atomic E-state index is 9.88.